The van der Waals surface area contributed by atoms with Crippen molar-refractivity contribution in [2.45, 2.75) is 66.2 Å². The fourth-order valence-electron chi connectivity index (χ4n) is 2.39. The van der Waals surface area contributed by atoms with Crippen molar-refractivity contribution in [3.8, 4) is 0 Å². The average Bonchev–Trinajstić information content (AvgIpc) is 3.04. The summed E-state index contributed by atoms with van der Waals surface area (Å²) in [5, 5.41) is 0. The molecule has 0 unspecified atom stereocenters. The second kappa shape index (κ2) is 12.1. The van der Waals surface area contributed by atoms with Gasteiger partial charge in [-0.25, -0.2) is 24.3 Å². The van der Waals surface area contributed by atoms with Crippen LogP contribution in [0.1, 0.15) is 61.8 Å². The van der Waals surface area contributed by atoms with Gasteiger partial charge in [-0.1, -0.05) is 66.2 Å². The van der Waals surface area contributed by atoms with E-state index in [1.807, 2.05) is 0 Å². The van der Waals surface area contributed by atoms with Crippen molar-refractivity contribution in [1.29, 1.82) is 0 Å². The quantitative estimate of drug-likeness (QED) is 0.471. The number of hydrogen-bond acceptors (Lipinski definition) is 0. The van der Waals surface area contributed by atoms with Crippen LogP contribution in [0.25, 0.3) is 0 Å². The summed E-state index contributed by atoms with van der Waals surface area (Å²) in [5.74, 6) is 0. The zero-order chi connectivity index (χ0) is 14.8. The van der Waals surface area contributed by atoms with Gasteiger partial charge < -0.3 is 0 Å². The van der Waals surface area contributed by atoms with Crippen molar-refractivity contribution in [3.63, 3.8) is 0 Å². The van der Waals surface area contributed by atoms with Gasteiger partial charge in [0.25, 0.3) is 0 Å². The summed E-state index contributed by atoms with van der Waals surface area (Å²) in [6, 6.07) is 13.1. The summed E-state index contributed by atoms with van der Waals surface area (Å²) < 4.78 is 0. The van der Waals surface area contributed by atoms with Crippen LogP contribution in [0.15, 0.2) is 36.4 Å². The third-order valence-electron chi connectivity index (χ3n) is 3.90. The van der Waals surface area contributed by atoms with Crippen molar-refractivity contribution in [1.82, 2.24) is 0 Å². The summed E-state index contributed by atoms with van der Waals surface area (Å²) >= 11 is 0. The van der Waals surface area contributed by atoms with Gasteiger partial charge in [0.1, 0.15) is 0 Å². The molecule has 0 heterocycles. The van der Waals surface area contributed by atoms with Gasteiger partial charge in [0, 0.05) is 0 Å². The molecular weight excluding hydrogens is 265 g/mol. The van der Waals surface area contributed by atoms with E-state index < -0.39 is 0 Å². The Bertz CT molecular complexity index is 417. The number of aryl methyl sites for hydroxylation is 4. The molecule has 0 fully saturated rings. The molecule has 2 aromatic rings. The summed E-state index contributed by atoms with van der Waals surface area (Å²) in [7, 11) is 0. The Morgan fingerprint density at radius 2 is 1.14 bits per heavy atom. The molecule has 112 valence electrons. The van der Waals surface area contributed by atoms with Crippen molar-refractivity contribution < 1.29 is 0 Å². The second-order valence-corrected chi connectivity index (χ2v) is 5.68. The Morgan fingerprint density at radius 3 is 1.38 bits per heavy atom. The molecule has 0 spiro atoms. The third kappa shape index (κ3) is 7.87. The van der Waals surface area contributed by atoms with E-state index in [9.17, 15) is 0 Å². The van der Waals surface area contributed by atoms with Crippen molar-refractivity contribution in [2.75, 3.05) is 0 Å². The molecule has 0 aromatic heterocycles. The van der Waals surface area contributed by atoms with Gasteiger partial charge in [-0.3, -0.25) is 0 Å². The number of hydrogen-bond donors (Lipinski definition) is 0. The van der Waals surface area contributed by atoms with E-state index in [-0.39, 0.29) is 23.1 Å². The van der Waals surface area contributed by atoms with Gasteiger partial charge in [0.05, 0.1) is 0 Å². The zero-order valence-electron chi connectivity index (χ0n) is 14.4. The van der Waals surface area contributed by atoms with Crippen molar-refractivity contribution in [3.05, 3.63) is 58.7 Å². The third-order valence-corrected chi connectivity index (χ3v) is 3.90. The van der Waals surface area contributed by atoms with Crippen LogP contribution < -0.4 is 0 Å². The Hall–Kier alpha value is -0.534. The van der Waals surface area contributed by atoms with E-state index >= 15 is 0 Å². The van der Waals surface area contributed by atoms with E-state index in [2.05, 4.69) is 64.1 Å². The number of rotatable bonds is 6. The summed E-state index contributed by atoms with van der Waals surface area (Å²) in [5.41, 5.74) is 5.96. The minimum Gasteiger partial charge on any atom is -0.213 e. The molecule has 0 N–H and O–H groups in total. The Balaban J connectivity index is 0.000000364. The monoisotopic (exact) mass is 294 g/mol. The Kier molecular flexibility index (Phi) is 11.7. The molecule has 0 bridgehead atoms. The summed E-state index contributed by atoms with van der Waals surface area (Å²) in [6.07, 6.45) is 7.76. The van der Waals surface area contributed by atoms with Crippen LogP contribution in [-0.4, -0.2) is 23.1 Å². The van der Waals surface area contributed by atoms with Crippen LogP contribution in [0, 0.1) is 13.8 Å². The van der Waals surface area contributed by atoms with Crippen molar-refractivity contribution in [2.24, 2.45) is 0 Å². The minimum absolute atomic E-state index is 0. The molecular formula is C20H30Mg. The molecule has 0 saturated heterocycles. The first-order chi connectivity index (χ1) is 9.69. The Morgan fingerprint density at radius 1 is 0.762 bits per heavy atom. The first kappa shape index (κ1) is 20.5. The average molecular weight is 295 g/mol. The molecule has 1 heteroatoms. The molecule has 2 rings (SSSR count). The maximum Gasteiger partial charge on any atom is 2.00 e. The van der Waals surface area contributed by atoms with E-state index in [1.165, 1.54) is 60.8 Å². The van der Waals surface area contributed by atoms with E-state index in [0.717, 1.165) is 0 Å². The van der Waals surface area contributed by atoms with Crippen LogP contribution in [-0.2, 0) is 12.8 Å². The normalized spacial score (nSPS) is 9.71. The SMILES string of the molecule is CCCCc1ccc[c-]1C.CCCCc1ccc[c-]1C.[Mg+2]. The second-order valence-electron chi connectivity index (χ2n) is 5.68. The van der Waals surface area contributed by atoms with Gasteiger partial charge in [-0.2, -0.15) is 34.4 Å². The first-order valence-electron chi connectivity index (χ1n) is 8.11. The predicted molar refractivity (Wildman–Crippen MR) is 96.5 cm³/mol. The molecule has 2 aromatic carbocycles. The van der Waals surface area contributed by atoms with Gasteiger partial charge in [0.2, 0.25) is 0 Å². The molecule has 0 radical (unpaired) electrons. The van der Waals surface area contributed by atoms with Crippen LogP contribution in [0.2, 0.25) is 0 Å². The topological polar surface area (TPSA) is 0 Å². The molecule has 0 aliphatic heterocycles. The maximum absolute atomic E-state index is 2.23. The van der Waals surface area contributed by atoms with Crippen LogP contribution >= 0.6 is 0 Å². The standard InChI is InChI=1S/2C10H15.Mg/c2*1-3-4-7-10-8-5-6-9(10)2;/h2*5-6,8H,3-4,7H2,1-2H3;/q2*-1;+2. The molecule has 0 nitrogen and oxygen atoms in total. The smallest absolute Gasteiger partial charge is 0.213 e. The van der Waals surface area contributed by atoms with Crippen LogP contribution in [0.4, 0.5) is 0 Å². The molecule has 0 atom stereocenters. The fourth-order valence-corrected chi connectivity index (χ4v) is 2.39. The Labute approximate surface area is 147 Å². The minimum atomic E-state index is 0. The molecule has 0 aliphatic carbocycles. The molecule has 0 amide bonds. The molecule has 0 aliphatic rings. The van der Waals surface area contributed by atoms with E-state index in [4.69, 9.17) is 0 Å². The van der Waals surface area contributed by atoms with Gasteiger partial charge in [0.15, 0.2) is 0 Å². The fraction of sp³-hybridized carbons (Fsp3) is 0.500. The van der Waals surface area contributed by atoms with Crippen molar-refractivity contribution >= 4 is 23.1 Å². The van der Waals surface area contributed by atoms with Gasteiger partial charge in [-0.05, 0) is 0 Å². The van der Waals surface area contributed by atoms with Gasteiger partial charge >= 0.3 is 23.1 Å². The predicted octanol–water partition coefficient (Wildman–Crippen LogP) is 5.73. The van der Waals surface area contributed by atoms with Gasteiger partial charge in [-0.15, -0.1) is 0 Å². The van der Waals surface area contributed by atoms with Crippen LogP contribution in [0.5, 0.6) is 0 Å². The maximum atomic E-state index is 2.23. The van der Waals surface area contributed by atoms with E-state index in [1.54, 1.807) is 0 Å². The first-order valence-corrected chi connectivity index (χ1v) is 8.11. The summed E-state index contributed by atoms with van der Waals surface area (Å²) in [6.45, 7) is 8.84. The van der Waals surface area contributed by atoms with E-state index in [0.29, 0.717) is 0 Å². The summed E-state index contributed by atoms with van der Waals surface area (Å²) in [4.78, 5) is 0. The molecule has 21 heavy (non-hydrogen) atoms. The number of unbranched alkanes of at least 4 members (excludes halogenated alkanes) is 2. The zero-order valence-corrected chi connectivity index (χ0v) is 15.8. The largest absolute Gasteiger partial charge is 2.00 e. The van der Waals surface area contributed by atoms with Crippen LogP contribution in [0.3, 0.4) is 0 Å². The molecule has 0 saturated carbocycles.